The summed E-state index contributed by atoms with van der Waals surface area (Å²) in [5.41, 5.74) is 5.38. The molecule has 0 saturated carbocycles. The number of nitrogens with one attached hydrogen (secondary N) is 1. The number of halogens is 1. The van der Waals surface area contributed by atoms with Gasteiger partial charge < -0.3 is 9.47 Å². The summed E-state index contributed by atoms with van der Waals surface area (Å²) in [7, 11) is 1.52. The standard InChI is InChI=1S/C22H16ClN3O3S/c1-28-20-11-14(4-7-19(20)29-22(27)21-3-2-10-30-21)13-25-26-17-8-9-24-18-12-15(23)5-6-16(17)18/h2-13H,1H3,(H,24,26)/b25-13+. The highest BCUT2D eigenvalue weighted by molar-refractivity contribution is 7.12. The van der Waals surface area contributed by atoms with Gasteiger partial charge in [-0.25, -0.2) is 4.79 Å². The summed E-state index contributed by atoms with van der Waals surface area (Å²) in [6, 6.07) is 16.0. The van der Waals surface area contributed by atoms with Crippen molar-refractivity contribution in [3.63, 3.8) is 0 Å². The second-order valence-corrected chi connectivity index (χ2v) is 7.55. The normalized spacial score (nSPS) is 11.0. The van der Waals surface area contributed by atoms with Crippen LogP contribution in [0, 0.1) is 0 Å². The van der Waals surface area contributed by atoms with Crippen molar-refractivity contribution < 1.29 is 14.3 Å². The van der Waals surface area contributed by atoms with E-state index in [1.165, 1.54) is 18.4 Å². The lowest BCUT2D eigenvalue weighted by Crippen LogP contribution is -2.07. The summed E-state index contributed by atoms with van der Waals surface area (Å²) < 4.78 is 10.8. The van der Waals surface area contributed by atoms with Crippen LogP contribution in [0.4, 0.5) is 5.69 Å². The fourth-order valence-electron chi connectivity index (χ4n) is 2.79. The Morgan fingerprint density at radius 1 is 1.17 bits per heavy atom. The smallest absolute Gasteiger partial charge is 0.353 e. The number of carbonyl (C=O) groups is 1. The molecule has 1 N–H and O–H groups in total. The average molecular weight is 438 g/mol. The molecule has 2 aromatic carbocycles. The molecule has 0 unspecified atom stereocenters. The van der Waals surface area contributed by atoms with Crippen LogP contribution in [0.3, 0.4) is 0 Å². The lowest BCUT2D eigenvalue weighted by Gasteiger charge is -2.09. The lowest BCUT2D eigenvalue weighted by atomic mass is 10.2. The first-order chi connectivity index (χ1) is 14.6. The minimum Gasteiger partial charge on any atom is -0.493 e. The largest absolute Gasteiger partial charge is 0.493 e. The molecule has 0 bridgehead atoms. The number of fused-ring (bicyclic) bond motifs is 1. The number of thiophene rings is 1. The van der Waals surface area contributed by atoms with Gasteiger partial charge in [-0.3, -0.25) is 10.4 Å². The number of benzene rings is 2. The second kappa shape index (κ2) is 8.94. The first-order valence-corrected chi connectivity index (χ1v) is 10.2. The molecule has 0 atom stereocenters. The topological polar surface area (TPSA) is 72.8 Å². The summed E-state index contributed by atoms with van der Waals surface area (Å²) in [4.78, 5) is 17.0. The third-order valence-corrected chi connectivity index (χ3v) is 5.30. The van der Waals surface area contributed by atoms with E-state index in [4.69, 9.17) is 21.1 Å². The minimum atomic E-state index is -0.420. The molecule has 0 saturated heterocycles. The van der Waals surface area contributed by atoms with Crippen molar-refractivity contribution in [2.24, 2.45) is 5.10 Å². The van der Waals surface area contributed by atoms with E-state index in [1.807, 2.05) is 23.6 Å². The van der Waals surface area contributed by atoms with Crippen molar-refractivity contribution in [3.8, 4) is 11.5 Å². The van der Waals surface area contributed by atoms with Crippen molar-refractivity contribution in [1.82, 2.24) is 4.98 Å². The maximum Gasteiger partial charge on any atom is 0.353 e. The molecule has 0 spiro atoms. The molecule has 2 heterocycles. The SMILES string of the molecule is COc1cc(/C=N/Nc2ccnc3cc(Cl)ccc23)ccc1OC(=O)c1cccs1. The van der Waals surface area contributed by atoms with E-state index in [-0.39, 0.29) is 0 Å². The molecule has 30 heavy (non-hydrogen) atoms. The molecule has 2 aromatic heterocycles. The molecule has 4 rings (SSSR count). The molecule has 0 radical (unpaired) electrons. The second-order valence-electron chi connectivity index (χ2n) is 6.17. The van der Waals surface area contributed by atoms with E-state index in [9.17, 15) is 4.79 Å². The molecule has 0 aliphatic rings. The number of aromatic nitrogens is 1. The summed E-state index contributed by atoms with van der Waals surface area (Å²) in [6.07, 6.45) is 3.34. The summed E-state index contributed by atoms with van der Waals surface area (Å²) >= 11 is 7.35. The van der Waals surface area contributed by atoms with Crippen LogP contribution in [-0.4, -0.2) is 24.3 Å². The molecule has 0 aliphatic heterocycles. The van der Waals surface area contributed by atoms with E-state index in [0.717, 1.165) is 22.2 Å². The number of ether oxygens (including phenoxy) is 2. The highest BCUT2D eigenvalue weighted by atomic mass is 35.5. The van der Waals surface area contributed by atoms with Crippen LogP contribution >= 0.6 is 22.9 Å². The van der Waals surface area contributed by atoms with Gasteiger partial charge in [0, 0.05) is 16.6 Å². The first-order valence-electron chi connectivity index (χ1n) is 8.91. The van der Waals surface area contributed by atoms with Crippen LogP contribution in [0.2, 0.25) is 5.02 Å². The Morgan fingerprint density at radius 3 is 2.87 bits per heavy atom. The predicted molar refractivity (Wildman–Crippen MR) is 120 cm³/mol. The van der Waals surface area contributed by atoms with Gasteiger partial charge >= 0.3 is 5.97 Å². The van der Waals surface area contributed by atoms with Gasteiger partial charge in [0.05, 0.1) is 24.5 Å². The number of hydrazone groups is 1. The van der Waals surface area contributed by atoms with E-state index in [2.05, 4.69) is 15.5 Å². The molecule has 0 fully saturated rings. The number of pyridine rings is 1. The third-order valence-electron chi connectivity index (χ3n) is 4.22. The molecular weight excluding hydrogens is 422 g/mol. The summed E-state index contributed by atoms with van der Waals surface area (Å²) in [6.45, 7) is 0. The minimum absolute atomic E-state index is 0.345. The Bertz CT molecular complexity index is 1230. The number of hydrogen-bond donors (Lipinski definition) is 1. The zero-order valence-electron chi connectivity index (χ0n) is 15.8. The highest BCUT2D eigenvalue weighted by Gasteiger charge is 2.13. The van der Waals surface area contributed by atoms with Crippen molar-refractivity contribution in [2.75, 3.05) is 12.5 Å². The number of nitrogens with zero attached hydrogens (tertiary/aromatic N) is 2. The van der Waals surface area contributed by atoms with Gasteiger partial charge in [-0.2, -0.15) is 5.10 Å². The first kappa shape index (κ1) is 19.9. The number of methoxy groups -OCH3 is 1. The highest BCUT2D eigenvalue weighted by Crippen LogP contribution is 2.29. The molecule has 8 heteroatoms. The van der Waals surface area contributed by atoms with E-state index in [1.54, 1.807) is 48.8 Å². The maximum absolute atomic E-state index is 12.2. The van der Waals surface area contributed by atoms with Crippen molar-refractivity contribution in [3.05, 3.63) is 81.6 Å². The monoisotopic (exact) mass is 437 g/mol. The third kappa shape index (κ3) is 4.42. The maximum atomic E-state index is 12.2. The molecule has 6 nitrogen and oxygen atoms in total. The van der Waals surface area contributed by atoms with Crippen LogP contribution in [-0.2, 0) is 0 Å². The molecule has 0 aliphatic carbocycles. The van der Waals surface area contributed by atoms with Crippen LogP contribution in [0.1, 0.15) is 15.2 Å². The Balaban J connectivity index is 1.50. The Hall–Kier alpha value is -3.42. The molecular formula is C22H16ClN3O3S. The summed E-state index contributed by atoms with van der Waals surface area (Å²) in [5.74, 6) is 0.363. The Labute approximate surface area is 181 Å². The number of rotatable bonds is 6. The number of carbonyl (C=O) groups excluding carboxylic acids is 1. The fraction of sp³-hybridized carbons (Fsp3) is 0.0455. The van der Waals surface area contributed by atoms with Gasteiger partial charge in [-0.15, -0.1) is 11.3 Å². The quantitative estimate of drug-likeness (QED) is 0.183. The van der Waals surface area contributed by atoms with Crippen molar-refractivity contribution in [1.29, 1.82) is 0 Å². The lowest BCUT2D eigenvalue weighted by molar-refractivity contribution is 0.0735. The number of hydrogen-bond acceptors (Lipinski definition) is 7. The average Bonchev–Trinajstić information content (AvgIpc) is 3.29. The van der Waals surface area contributed by atoms with Crippen LogP contribution in [0.25, 0.3) is 10.9 Å². The van der Waals surface area contributed by atoms with Crippen LogP contribution in [0.5, 0.6) is 11.5 Å². The van der Waals surface area contributed by atoms with Crippen molar-refractivity contribution in [2.45, 2.75) is 0 Å². The van der Waals surface area contributed by atoms with E-state index < -0.39 is 5.97 Å². The van der Waals surface area contributed by atoms with E-state index >= 15 is 0 Å². The van der Waals surface area contributed by atoms with Gasteiger partial charge in [0.2, 0.25) is 0 Å². The Morgan fingerprint density at radius 2 is 2.07 bits per heavy atom. The van der Waals surface area contributed by atoms with Gasteiger partial charge in [-0.05, 0) is 59.5 Å². The molecule has 150 valence electrons. The zero-order valence-corrected chi connectivity index (χ0v) is 17.4. The van der Waals surface area contributed by atoms with Gasteiger partial charge in [0.25, 0.3) is 0 Å². The number of esters is 1. The van der Waals surface area contributed by atoms with Crippen LogP contribution < -0.4 is 14.9 Å². The van der Waals surface area contributed by atoms with Crippen LogP contribution in [0.15, 0.2) is 71.3 Å². The van der Waals surface area contributed by atoms with Crippen molar-refractivity contribution >= 4 is 51.7 Å². The summed E-state index contributed by atoms with van der Waals surface area (Å²) in [5, 5.41) is 7.65. The molecule has 4 aromatic rings. The molecule has 0 amide bonds. The zero-order chi connectivity index (χ0) is 20.9. The van der Waals surface area contributed by atoms with Gasteiger partial charge in [0.1, 0.15) is 4.88 Å². The fourth-order valence-corrected chi connectivity index (χ4v) is 3.55. The van der Waals surface area contributed by atoms with Gasteiger partial charge in [-0.1, -0.05) is 17.7 Å². The van der Waals surface area contributed by atoms with E-state index in [0.29, 0.717) is 21.4 Å². The Kier molecular flexibility index (Phi) is 5.92. The predicted octanol–water partition coefficient (Wildman–Crippen LogP) is 5.62. The number of anilines is 1. The van der Waals surface area contributed by atoms with Gasteiger partial charge in [0.15, 0.2) is 11.5 Å².